The van der Waals surface area contributed by atoms with E-state index in [4.69, 9.17) is 10.3 Å². The van der Waals surface area contributed by atoms with Crippen LogP contribution in [0.15, 0.2) is 35.2 Å². The minimum atomic E-state index is -4.00. The first-order valence-electron chi connectivity index (χ1n) is 7.25. The van der Waals surface area contributed by atoms with Crippen molar-refractivity contribution >= 4 is 10.1 Å². The second-order valence-corrected chi connectivity index (χ2v) is 6.12. The zero-order chi connectivity index (χ0) is 15.3. The fourth-order valence-corrected chi connectivity index (χ4v) is 2.19. The normalized spacial score (nSPS) is 10.8. The van der Waals surface area contributed by atoms with E-state index >= 15 is 0 Å². The van der Waals surface area contributed by atoms with Crippen molar-refractivity contribution in [3.8, 4) is 0 Å². The first-order valence-corrected chi connectivity index (χ1v) is 8.69. The van der Waals surface area contributed by atoms with Gasteiger partial charge in [0.05, 0.1) is 4.90 Å². The fourth-order valence-electron chi connectivity index (χ4n) is 1.69. The molecule has 1 rings (SSSR count). The van der Waals surface area contributed by atoms with Gasteiger partial charge in [-0.05, 0) is 25.1 Å². The highest BCUT2D eigenvalue weighted by molar-refractivity contribution is 7.85. The van der Waals surface area contributed by atoms with Crippen molar-refractivity contribution in [3.63, 3.8) is 0 Å². The molecule has 0 atom stereocenters. The van der Waals surface area contributed by atoms with Gasteiger partial charge < -0.3 is 5.73 Å². The lowest BCUT2D eigenvalue weighted by Gasteiger charge is -1.97. The highest BCUT2D eigenvalue weighted by Crippen LogP contribution is 2.06. The fraction of sp³-hybridized carbons (Fsp3) is 0.600. The zero-order valence-corrected chi connectivity index (χ0v) is 13.1. The first-order chi connectivity index (χ1) is 9.52. The third-order valence-electron chi connectivity index (χ3n) is 2.85. The molecule has 1 aromatic rings. The molecule has 0 heterocycles. The van der Waals surface area contributed by atoms with Crippen LogP contribution in [0, 0.1) is 0 Å². The lowest BCUT2D eigenvalue weighted by atomic mass is 10.1. The van der Waals surface area contributed by atoms with Crippen molar-refractivity contribution in [2.24, 2.45) is 5.73 Å². The lowest BCUT2D eigenvalue weighted by molar-refractivity contribution is 0.483. The average Bonchev–Trinajstić information content (AvgIpc) is 2.44. The minimum Gasteiger partial charge on any atom is -0.330 e. The van der Waals surface area contributed by atoms with Crippen LogP contribution < -0.4 is 5.73 Å². The molecule has 0 aromatic heterocycles. The maximum Gasteiger partial charge on any atom is 0.294 e. The Kier molecular flexibility index (Phi) is 11.3. The molecule has 0 aliphatic carbocycles. The molecule has 0 unspecified atom stereocenters. The SMILES string of the molecule is CCCCCCCCCN.O=S(=O)(O)c1ccccc1. The number of hydrogen-bond acceptors (Lipinski definition) is 3. The highest BCUT2D eigenvalue weighted by Gasteiger charge is 2.05. The predicted molar refractivity (Wildman–Crippen MR) is 83.3 cm³/mol. The van der Waals surface area contributed by atoms with Crippen molar-refractivity contribution < 1.29 is 13.0 Å². The Morgan fingerprint density at radius 2 is 1.45 bits per heavy atom. The van der Waals surface area contributed by atoms with Crippen LogP contribution in [0.3, 0.4) is 0 Å². The van der Waals surface area contributed by atoms with Gasteiger partial charge in [0.1, 0.15) is 0 Å². The number of hydrogen-bond donors (Lipinski definition) is 2. The van der Waals surface area contributed by atoms with Crippen LogP contribution in [0.2, 0.25) is 0 Å². The van der Waals surface area contributed by atoms with Gasteiger partial charge in [0, 0.05) is 0 Å². The molecule has 0 amide bonds. The van der Waals surface area contributed by atoms with Gasteiger partial charge in [-0.3, -0.25) is 4.55 Å². The molecule has 0 aliphatic heterocycles. The maximum absolute atomic E-state index is 10.4. The van der Waals surface area contributed by atoms with Gasteiger partial charge >= 0.3 is 0 Å². The Morgan fingerprint density at radius 1 is 0.950 bits per heavy atom. The van der Waals surface area contributed by atoms with E-state index in [1.807, 2.05) is 0 Å². The smallest absolute Gasteiger partial charge is 0.294 e. The van der Waals surface area contributed by atoms with E-state index in [1.54, 1.807) is 18.2 Å². The second kappa shape index (κ2) is 11.9. The largest absolute Gasteiger partial charge is 0.330 e. The Hall–Kier alpha value is -0.910. The molecule has 0 fully saturated rings. The Balaban J connectivity index is 0.000000361. The molecule has 5 heteroatoms. The van der Waals surface area contributed by atoms with E-state index in [9.17, 15) is 8.42 Å². The van der Waals surface area contributed by atoms with Gasteiger partial charge in [-0.2, -0.15) is 8.42 Å². The molecule has 0 aliphatic rings. The first kappa shape index (κ1) is 19.1. The van der Waals surface area contributed by atoms with Gasteiger partial charge in [0.2, 0.25) is 0 Å². The molecular formula is C15H27NO3S. The third-order valence-corrected chi connectivity index (χ3v) is 3.72. The van der Waals surface area contributed by atoms with E-state index in [2.05, 4.69) is 6.92 Å². The number of nitrogens with two attached hydrogens (primary N) is 1. The van der Waals surface area contributed by atoms with Crippen molar-refractivity contribution in [2.45, 2.75) is 56.8 Å². The minimum absolute atomic E-state index is 0.0741. The summed E-state index contributed by atoms with van der Waals surface area (Å²) in [5.74, 6) is 0. The van der Waals surface area contributed by atoms with E-state index in [0.717, 1.165) is 6.54 Å². The van der Waals surface area contributed by atoms with Crippen LogP contribution >= 0.6 is 0 Å². The number of unbranched alkanes of at least 4 members (excludes halogenated alkanes) is 6. The molecule has 116 valence electrons. The molecule has 0 spiro atoms. The van der Waals surface area contributed by atoms with Crippen molar-refractivity contribution in [1.29, 1.82) is 0 Å². The predicted octanol–water partition coefficient (Wildman–Crippen LogP) is 3.63. The van der Waals surface area contributed by atoms with Crippen molar-refractivity contribution in [2.75, 3.05) is 6.54 Å². The summed E-state index contributed by atoms with van der Waals surface area (Å²) in [5, 5.41) is 0. The third kappa shape index (κ3) is 11.0. The zero-order valence-electron chi connectivity index (χ0n) is 12.3. The standard InChI is InChI=1S/C9H21N.C6H6O3S/c1-2-3-4-5-6-7-8-9-10;7-10(8,9)6-4-2-1-3-5-6/h2-10H2,1H3;1-5H,(H,7,8,9). The molecule has 0 saturated heterocycles. The second-order valence-electron chi connectivity index (χ2n) is 4.70. The molecule has 0 bridgehead atoms. The summed E-state index contributed by atoms with van der Waals surface area (Å²) in [6.07, 6.45) is 9.51. The topological polar surface area (TPSA) is 80.4 Å². The van der Waals surface area contributed by atoms with Gasteiger partial charge in [0.25, 0.3) is 10.1 Å². The Labute approximate surface area is 123 Å². The summed E-state index contributed by atoms with van der Waals surface area (Å²) in [6, 6.07) is 7.42. The van der Waals surface area contributed by atoms with E-state index in [0.29, 0.717) is 0 Å². The van der Waals surface area contributed by atoms with Crippen LogP contribution in [0.25, 0.3) is 0 Å². The number of rotatable bonds is 8. The van der Waals surface area contributed by atoms with Crippen LogP contribution in [0.5, 0.6) is 0 Å². The quantitative estimate of drug-likeness (QED) is 0.567. The van der Waals surface area contributed by atoms with Gasteiger partial charge in [-0.15, -0.1) is 0 Å². The summed E-state index contributed by atoms with van der Waals surface area (Å²) < 4.78 is 29.2. The summed E-state index contributed by atoms with van der Waals surface area (Å²) in [5.41, 5.74) is 5.37. The summed E-state index contributed by atoms with van der Waals surface area (Å²) in [6.45, 7) is 3.12. The van der Waals surface area contributed by atoms with E-state index < -0.39 is 10.1 Å². The van der Waals surface area contributed by atoms with Gasteiger partial charge in [-0.1, -0.05) is 63.6 Å². The Bertz CT molecular complexity index is 410. The molecule has 1 aromatic carbocycles. The highest BCUT2D eigenvalue weighted by atomic mass is 32.2. The number of benzene rings is 1. The average molecular weight is 301 g/mol. The van der Waals surface area contributed by atoms with Crippen molar-refractivity contribution in [1.82, 2.24) is 0 Å². The summed E-state index contributed by atoms with van der Waals surface area (Å²) in [4.78, 5) is -0.0741. The Morgan fingerprint density at radius 3 is 1.85 bits per heavy atom. The van der Waals surface area contributed by atoms with Gasteiger partial charge in [-0.25, -0.2) is 0 Å². The monoisotopic (exact) mass is 301 g/mol. The van der Waals surface area contributed by atoms with Crippen LogP contribution in [-0.2, 0) is 10.1 Å². The molecule has 0 saturated carbocycles. The van der Waals surface area contributed by atoms with Crippen LogP contribution in [0.1, 0.15) is 51.9 Å². The molecule has 3 N–H and O–H groups in total. The molecular weight excluding hydrogens is 274 g/mol. The molecule has 4 nitrogen and oxygen atoms in total. The summed E-state index contributed by atoms with van der Waals surface area (Å²) >= 11 is 0. The van der Waals surface area contributed by atoms with Crippen LogP contribution in [-0.4, -0.2) is 19.5 Å². The van der Waals surface area contributed by atoms with Crippen molar-refractivity contribution in [3.05, 3.63) is 30.3 Å². The van der Waals surface area contributed by atoms with Gasteiger partial charge in [0.15, 0.2) is 0 Å². The van der Waals surface area contributed by atoms with E-state index in [1.165, 1.54) is 57.1 Å². The summed E-state index contributed by atoms with van der Waals surface area (Å²) in [7, 11) is -4.00. The lowest BCUT2D eigenvalue weighted by Crippen LogP contribution is -1.97. The molecule has 0 radical (unpaired) electrons. The molecule has 20 heavy (non-hydrogen) atoms. The van der Waals surface area contributed by atoms with Crippen LogP contribution in [0.4, 0.5) is 0 Å². The van der Waals surface area contributed by atoms with E-state index in [-0.39, 0.29) is 4.90 Å². The maximum atomic E-state index is 10.4.